The highest BCUT2D eigenvalue weighted by molar-refractivity contribution is 9.10. The van der Waals surface area contributed by atoms with Crippen molar-refractivity contribution in [2.24, 2.45) is 0 Å². The van der Waals surface area contributed by atoms with Crippen molar-refractivity contribution in [3.05, 3.63) is 70.2 Å². The van der Waals surface area contributed by atoms with Crippen LogP contribution in [0.5, 0.6) is 23.0 Å². The van der Waals surface area contributed by atoms with E-state index in [1.165, 1.54) is 52.1 Å². The largest absolute Gasteiger partial charge is 0.497 e. The number of aliphatic hydroxyl groups is 1. The number of methoxy groups -OCH3 is 4. The molecular weight excluding hydrogens is 566 g/mol. The summed E-state index contributed by atoms with van der Waals surface area (Å²) in [4.78, 5) is 8.15. The molecule has 0 saturated heterocycles. The van der Waals surface area contributed by atoms with E-state index < -0.39 is 21.4 Å². The van der Waals surface area contributed by atoms with Crippen molar-refractivity contribution in [2.45, 2.75) is 31.4 Å². The Balaban J connectivity index is 2.04. The number of aliphatic hydroxyl groups excluding tert-OH is 1. The quantitative estimate of drug-likeness (QED) is 0.334. The van der Waals surface area contributed by atoms with Gasteiger partial charge in [0.05, 0.1) is 32.9 Å². The molecule has 12 heteroatoms. The fourth-order valence-corrected chi connectivity index (χ4v) is 5.42. The van der Waals surface area contributed by atoms with E-state index in [9.17, 15) is 13.5 Å². The Morgan fingerprint density at radius 3 is 1.73 bits per heavy atom. The molecular formula is C25H30BrN3O7S. The van der Waals surface area contributed by atoms with E-state index in [-0.39, 0.29) is 18.9 Å². The van der Waals surface area contributed by atoms with Gasteiger partial charge in [-0.2, -0.15) is 4.31 Å². The third kappa shape index (κ3) is 6.69. The van der Waals surface area contributed by atoms with Crippen LogP contribution in [0.2, 0.25) is 0 Å². The molecule has 3 rings (SSSR count). The van der Waals surface area contributed by atoms with Crippen molar-refractivity contribution in [3.63, 3.8) is 0 Å². The van der Waals surface area contributed by atoms with Crippen LogP contribution >= 0.6 is 15.9 Å². The van der Waals surface area contributed by atoms with Crippen molar-refractivity contribution in [1.29, 1.82) is 0 Å². The van der Waals surface area contributed by atoms with Crippen LogP contribution in [0, 0.1) is 0 Å². The zero-order valence-corrected chi connectivity index (χ0v) is 23.6. The molecule has 2 unspecified atom stereocenters. The number of nitrogens with zero attached hydrogens (tertiary/aromatic N) is 3. The first-order valence-electron chi connectivity index (χ1n) is 11.2. The average molecular weight is 596 g/mol. The summed E-state index contributed by atoms with van der Waals surface area (Å²) in [5, 5.41) is 9.64. The average Bonchev–Trinajstić information content (AvgIpc) is 2.92. The second-order valence-electron chi connectivity index (χ2n) is 8.08. The number of hydrogen-bond donors (Lipinski definition) is 1. The highest BCUT2D eigenvalue weighted by Gasteiger charge is 2.36. The van der Waals surface area contributed by atoms with Gasteiger partial charge in [0.2, 0.25) is 10.0 Å². The Bertz CT molecular complexity index is 1250. The van der Waals surface area contributed by atoms with E-state index in [2.05, 4.69) is 25.9 Å². The third-order valence-corrected chi connectivity index (χ3v) is 8.45. The topological polar surface area (TPSA) is 120 Å². The van der Waals surface area contributed by atoms with Crippen LogP contribution in [-0.4, -0.2) is 61.5 Å². The Morgan fingerprint density at radius 2 is 1.32 bits per heavy atom. The fraction of sp³-hybridized carbons (Fsp3) is 0.360. The second kappa shape index (κ2) is 12.5. The van der Waals surface area contributed by atoms with Gasteiger partial charge in [-0.15, -0.1) is 0 Å². The molecule has 37 heavy (non-hydrogen) atoms. The molecule has 0 aliphatic heterocycles. The predicted molar refractivity (Wildman–Crippen MR) is 141 cm³/mol. The second-order valence-corrected chi connectivity index (χ2v) is 11.3. The molecule has 0 saturated carbocycles. The lowest BCUT2D eigenvalue weighted by Crippen LogP contribution is -2.40. The predicted octanol–water partition coefficient (Wildman–Crippen LogP) is 3.73. The molecule has 1 aromatic heterocycles. The Kier molecular flexibility index (Phi) is 9.71. The number of benzene rings is 2. The molecule has 3 aromatic rings. The SMILES string of the molecule is COc1ccc(CN(Cc2ccc(OC)cc2OC)S(=O)(=O)C(C)C(O)c2ncc(Br)cn2)c(OC)c1. The molecule has 200 valence electrons. The number of halogens is 1. The summed E-state index contributed by atoms with van der Waals surface area (Å²) in [5.74, 6) is 2.07. The first kappa shape index (κ1) is 28.6. The molecule has 10 nitrogen and oxygen atoms in total. The van der Waals surface area contributed by atoms with Gasteiger partial charge < -0.3 is 24.1 Å². The standard InChI is InChI=1S/C25H30BrN3O7S/c1-16(24(30)25-27-12-19(26)13-28-25)37(31,32)29(14-17-6-8-20(33-2)10-22(17)35-4)15-18-7-9-21(34-3)11-23(18)36-5/h6-13,16,24,30H,14-15H2,1-5H3. The summed E-state index contributed by atoms with van der Waals surface area (Å²) in [6.45, 7) is 1.35. The van der Waals surface area contributed by atoms with Crippen LogP contribution in [0.25, 0.3) is 0 Å². The van der Waals surface area contributed by atoms with Crippen molar-refractivity contribution in [1.82, 2.24) is 14.3 Å². The Morgan fingerprint density at radius 1 is 0.865 bits per heavy atom. The van der Waals surface area contributed by atoms with E-state index in [0.29, 0.717) is 38.6 Å². The first-order valence-corrected chi connectivity index (χ1v) is 13.5. The number of sulfonamides is 1. The summed E-state index contributed by atoms with van der Waals surface area (Å²) in [6, 6.07) is 10.3. The van der Waals surface area contributed by atoms with Gasteiger partial charge in [-0.05, 0) is 35.0 Å². The van der Waals surface area contributed by atoms with Crippen molar-refractivity contribution in [2.75, 3.05) is 28.4 Å². The molecule has 0 aliphatic carbocycles. The molecule has 0 fully saturated rings. The number of aromatic nitrogens is 2. The highest BCUT2D eigenvalue weighted by atomic mass is 79.9. The minimum Gasteiger partial charge on any atom is -0.497 e. The van der Waals surface area contributed by atoms with Crippen LogP contribution in [0.15, 0.2) is 53.3 Å². The molecule has 1 N–H and O–H groups in total. The Labute approximate surface area is 225 Å². The fourth-order valence-electron chi connectivity index (χ4n) is 3.66. The molecule has 0 radical (unpaired) electrons. The molecule has 2 atom stereocenters. The van der Waals surface area contributed by atoms with Gasteiger partial charge in [0.15, 0.2) is 5.82 Å². The van der Waals surface area contributed by atoms with Crippen LogP contribution in [0.4, 0.5) is 0 Å². The van der Waals surface area contributed by atoms with Gasteiger partial charge >= 0.3 is 0 Å². The lowest BCUT2D eigenvalue weighted by molar-refractivity contribution is 0.162. The van der Waals surface area contributed by atoms with Crippen molar-refractivity contribution >= 4 is 26.0 Å². The Hall–Kier alpha value is -2.93. The van der Waals surface area contributed by atoms with Crippen molar-refractivity contribution in [3.8, 4) is 23.0 Å². The minimum absolute atomic E-state index is 0.00304. The van der Waals surface area contributed by atoms with E-state index in [1.54, 1.807) is 36.4 Å². The van der Waals surface area contributed by atoms with Crippen molar-refractivity contribution < 1.29 is 32.5 Å². The van der Waals surface area contributed by atoms with Gasteiger partial charge in [-0.25, -0.2) is 18.4 Å². The van der Waals surface area contributed by atoms with E-state index >= 15 is 0 Å². The van der Waals surface area contributed by atoms with Crippen LogP contribution in [0.1, 0.15) is 30.0 Å². The van der Waals surface area contributed by atoms with Gasteiger partial charge in [0.1, 0.15) is 34.4 Å². The van der Waals surface area contributed by atoms with E-state index in [1.807, 2.05) is 0 Å². The maximum atomic E-state index is 13.9. The summed E-state index contributed by atoms with van der Waals surface area (Å²) >= 11 is 3.24. The summed E-state index contributed by atoms with van der Waals surface area (Å²) in [6.07, 6.45) is 1.44. The maximum Gasteiger partial charge on any atom is 0.220 e. The summed E-state index contributed by atoms with van der Waals surface area (Å²) < 4.78 is 51.3. The third-order valence-electron chi connectivity index (χ3n) is 5.86. The normalized spacial score (nSPS) is 13.2. The highest BCUT2D eigenvalue weighted by Crippen LogP contribution is 2.32. The van der Waals surface area contributed by atoms with Gasteiger partial charge in [-0.3, -0.25) is 0 Å². The van der Waals surface area contributed by atoms with Gasteiger partial charge in [-0.1, -0.05) is 12.1 Å². The minimum atomic E-state index is -4.12. The molecule has 1 heterocycles. The lowest BCUT2D eigenvalue weighted by atomic mass is 10.1. The molecule has 0 bridgehead atoms. The van der Waals surface area contributed by atoms with Gasteiger partial charge in [0, 0.05) is 48.7 Å². The van der Waals surface area contributed by atoms with E-state index in [4.69, 9.17) is 18.9 Å². The summed E-state index contributed by atoms with van der Waals surface area (Å²) in [5.41, 5.74) is 1.22. The lowest BCUT2D eigenvalue weighted by Gasteiger charge is -2.29. The zero-order valence-electron chi connectivity index (χ0n) is 21.2. The number of ether oxygens (including phenoxy) is 4. The molecule has 0 spiro atoms. The monoisotopic (exact) mass is 595 g/mol. The number of hydrogen-bond acceptors (Lipinski definition) is 9. The molecule has 2 aromatic carbocycles. The van der Waals surface area contributed by atoms with Gasteiger partial charge in [0.25, 0.3) is 0 Å². The van der Waals surface area contributed by atoms with E-state index in [0.717, 1.165) is 0 Å². The molecule has 0 amide bonds. The number of rotatable bonds is 12. The maximum absolute atomic E-state index is 13.9. The van der Waals surface area contributed by atoms with Crippen LogP contribution in [-0.2, 0) is 23.1 Å². The van der Waals surface area contributed by atoms with Crippen LogP contribution in [0.3, 0.4) is 0 Å². The zero-order chi connectivity index (χ0) is 27.2. The smallest absolute Gasteiger partial charge is 0.220 e. The van der Waals surface area contributed by atoms with Crippen LogP contribution < -0.4 is 18.9 Å². The first-order chi connectivity index (χ1) is 17.6. The molecule has 0 aliphatic rings. The summed E-state index contributed by atoms with van der Waals surface area (Å²) in [7, 11) is 1.96.